The van der Waals surface area contributed by atoms with Crippen molar-refractivity contribution >= 4 is 12.0 Å². The Morgan fingerprint density at radius 1 is 1.32 bits per heavy atom. The summed E-state index contributed by atoms with van der Waals surface area (Å²) < 4.78 is 6.05. The molecule has 1 aromatic rings. The number of rotatable bonds is 4. The molecule has 0 unspecified atom stereocenters. The number of hydrogen-bond acceptors (Lipinski definition) is 3. The van der Waals surface area contributed by atoms with Crippen LogP contribution >= 0.6 is 0 Å². The van der Waals surface area contributed by atoms with E-state index in [1.54, 1.807) is 0 Å². The molecule has 0 atom stereocenters. The van der Waals surface area contributed by atoms with E-state index in [-0.39, 0.29) is 12.5 Å². The lowest BCUT2D eigenvalue weighted by Gasteiger charge is -2.21. The van der Waals surface area contributed by atoms with Crippen molar-refractivity contribution in [3.05, 3.63) is 34.9 Å². The van der Waals surface area contributed by atoms with Gasteiger partial charge in [-0.3, -0.25) is 10.0 Å². The van der Waals surface area contributed by atoms with Crippen LogP contribution in [0.4, 0.5) is 0 Å². The Balaban J connectivity index is 1.69. The summed E-state index contributed by atoms with van der Waals surface area (Å²) in [6.45, 7) is 1.65. The number of hydrogen-bond donors (Lipinski definition) is 1. The monoisotopic (exact) mass is 301 g/mol. The van der Waals surface area contributed by atoms with Crippen molar-refractivity contribution in [1.29, 1.82) is 0 Å². The fourth-order valence-electron chi connectivity index (χ4n) is 3.23. The quantitative estimate of drug-likeness (QED) is 0.683. The van der Waals surface area contributed by atoms with Crippen molar-refractivity contribution in [1.82, 2.24) is 5.06 Å². The summed E-state index contributed by atoms with van der Waals surface area (Å²) in [5, 5.41) is 10.3. The zero-order chi connectivity index (χ0) is 15.5. The second kappa shape index (κ2) is 6.53. The maximum atomic E-state index is 11.1. The largest absolute Gasteiger partial charge is 0.490 e. The number of carbonyl (C=O) groups is 1. The molecule has 0 aliphatic heterocycles. The fraction of sp³-hybridized carbons (Fsp3) is 0.500. The van der Waals surface area contributed by atoms with Gasteiger partial charge in [0.15, 0.2) is 0 Å². The molecule has 3 rings (SSSR count). The van der Waals surface area contributed by atoms with Crippen LogP contribution in [0.2, 0.25) is 0 Å². The van der Waals surface area contributed by atoms with Crippen LogP contribution in [0.15, 0.2) is 23.8 Å². The molecule has 0 bridgehead atoms. The lowest BCUT2D eigenvalue weighted by Crippen LogP contribution is -2.27. The van der Waals surface area contributed by atoms with Gasteiger partial charge in [-0.25, -0.2) is 5.06 Å². The van der Waals surface area contributed by atoms with E-state index < -0.39 is 0 Å². The van der Waals surface area contributed by atoms with Crippen molar-refractivity contribution in [2.24, 2.45) is 0 Å². The van der Waals surface area contributed by atoms with Gasteiger partial charge in [0.25, 0.3) is 0 Å². The highest BCUT2D eigenvalue weighted by Crippen LogP contribution is 2.30. The minimum atomic E-state index is -0.327. The molecule has 0 heterocycles. The molecule has 2 aliphatic carbocycles. The molecule has 0 saturated heterocycles. The predicted molar refractivity (Wildman–Crippen MR) is 84.8 cm³/mol. The van der Waals surface area contributed by atoms with E-state index in [2.05, 4.69) is 18.2 Å². The Morgan fingerprint density at radius 2 is 2.09 bits per heavy atom. The van der Waals surface area contributed by atoms with E-state index in [1.807, 2.05) is 6.07 Å². The number of amides is 1. The van der Waals surface area contributed by atoms with Crippen LogP contribution in [0.25, 0.3) is 6.08 Å². The van der Waals surface area contributed by atoms with Crippen LogP contribution < -0.4 is 4.74 Å². The van der Waals surface area contributed by atoms with Crippen molar-refractivity contribution < 1.29 is 14.7 Å². The van der Waals surface area contributed by atoms with E-state index in [4.69, 9.17) is 4.74 Å². The zero-order valence-corrected chi connectivity index (χ0v) is 13.0. The van der Waals surface area contributed by atoms with Crippen molar-refractivity contribution in [2.45, 2.75) is 51.6 Å². The molecule has 4 heteroatoms. The summed E-state index contributed by atoms with van der Waals surface area (Å²) in [6.07, 6.45) is 9.12. The number of benzene rings is 1. The topological polar surface area (TPSA) is 49.8 Å². The van der Waals surface area contributed by atoms with Crippen LogP contribution in [-0.2, 0) is 11.2 Å². The lowest BCUT2D eigenvalue weighted by atomic mass is 9.92. The second-order valence-corrected chi connectivity index (χ2v) is 6.26. The van der Waals surface area contributed by atoms with E-state index in [0.717, 1.165) is 34.8 Å². The molecule has 22 heavy (non-hydrogen) atoms. The predicted octanol–water partition coefficient (Wildman–Crippen LogP) is 3.58. The minimum Gasteiger partial charge on any atom is -0.490 e. The van der Waals surface area contributed by atoms with E-state index in [1.165, 1.54) is 38.2 Å². The van der Waals surface area contributed by atoms with Crippen LogP contribution in [0.1, 0.15) is 50.2 Å². The molecule has 4 nitrogen and oxygen atoms in total. The third-order valence-corrected chi connectivity index (χ3v) is 4.51. The summed E-state index contributed by atoms with van der Waals surface area (Å²) in [5.41, 5.74) is 3.53. The second-order valence-electron chi connectivity index (χ2n) is 6.26. The third-order valence-electron chi connectivity index (χ3n) is 4.51. The van der Waals surface area contributed by atoms with Gasteiger partial charge in [0.1, 0.15) is 5.75 Å². The minimum absolute atomic E-state index is 0.287. The summed E-state index contributed by atoms with van der Waals surface area (Å²) in [4.78, 5) is 11.1. The SMILES string of the molecule is CC(=O)N(O)CC1=Cc2ccc(OC3CCCC3)cc2CC1. The van der Waals surface area contributed by atoms with Crippen LogP contribution in [0, 0.1) is 0 Å². The number of carbonyl (C=O) groups excluding carboxylic acids is 1. The number of nitrogens with zero attached hydrogens (tertiary/aromatic N) is 1. The maximum absolute atomic E-state index is 11.1. The molecule has 118 valence electrons. The molecule has 1 aromatic carbocycles. The number of ether oxygens (including phenoxy) is 1. The first-order valence-electron chi connectivity index (χ1n) is 8.08. The van der Waals surface area contributed by atoms with E-state index in [9.17, 15) is 10.0 Å². The summed E-state index contributed by atoms with van der Waals surface area (Å²) in [6, 6.07) is 6.25. The fourth-order valence-corrected chi connectivity index (χ4v) is 3.23. The highest BCUT2D eigenvalue weighted by molar-refractivity contribution is 5.72. The van der Waals surface area contributed by atoms with Gasteiger partial charge in [-0.1, -0.05) is 12.1 Å². The van der Waals surface area contributed by atoms with Crippen LogP contribution in [0.3, 0.4) is 0 Å². The molecule has 1 amide bonds. The molecule has 2 aliphatic rings. The normalized spacial score (nSPS) is 17.8. The highest BCUT2D eigenvalue weighted by Gasteiger charge is 2.18. The molecule has 0 aromatic heterocycles. The van der Waals surface area contributed by atoms with Crippen molar-refractivity contribution in [3.8, 4) is 5.75 Å². The molecule has 1 N–H and O–H groups in total. The maximum Gasteiger partial charge on any atom is 0.243 e. The third kappa shape index (κ3) is 3.50. The van der Waals surface area contributed by atoms with Gasteiger partial charge in [-0.2, -0.15) is 0 Å². The summed E-state index contributed by atoms with van der Waals surface area (Å²) >= 11 is 0. The van der Waals surface area contributed by atoms with Crippen LogP contribution in [-0.4, -0.2) is 28.8 Å². The average molecular weight is 301 g/mol. The highest BCUT2D eigenvalue weighted by atomic mass is 16.5. The van der Waals surface area contributed by atoms with Gasteiger partial charge in [-0.15, -0.1) is 0 Å². The number of fused-ring (bicyclic) bond motifs is 1. The van der Waals surface area contributed by atoms with Gasteiger partial charge in [-0.05, 0) is 67.4 Å². The van der Waals surface area contributed by atoms with Gasteiger partial charge in [0.05, 0.1) is 12.6 Å². The van der Waals surface area contributed by atoms with Gasteiger partial charge in [0, 0.05) is 6.92 Å². The Bertz CT molecular complexity index is 588. The Labute approximate surface area is 131 Å². The smallest absolute Gasteiger partial charge is 0.243 e. The average Bonchev–Trinajstić information content (AvgIpc) is 3.00. The summed E-state index contributed by atoms with van der Waals surface area (Å²) in [7, 11) is 0. The number of hydroxylamine groups is 2. The Hall–Kier alpha value is -1.81. The molecule has 1 saturated carbocycles. The molecule has 0 spiro atoms. The molecular weight excluding hydrogens is 278 g/mol. The first-order chi connectivity index (χ1) is 10.6. The zero-order valence-electron chi connectivity index (χ0n) is 13.0. The molecule has 1 fully saturated rings. The molecule has 0 radical (unpaired) electrons. The van der Waals surface area contributed by atoms with Gasteiger partial charge in [0.2, 0.25) is 5.91 Å². The first-order valence-corrected chi connectivity index (χ1v) is 8.08. The Kier molecular flexibility index (Phi) is 4.48. The lowest BCUT2D eigenvalue weighted by molar-refractivity contribution is -0.160. The Morgan fingerprint density at radius 3 is 2.82 bits per heavy atom. The van der Waals surface area contributed by atoms with Crippen molar-refractivity contribution in [2.75, 3.05) is 6.54 Å². The summed E-state index contributed by atoms with van der Waals surface area (Å²) in [5.74, 6) is 0.641. The standard InChI is InChI=1S/C18H23NO3/c1-13(20)19(21)12-14-6-7-16-11-18(9-8-15(16)10-14)22-17-4-2-3-5-17/h8-11,17,21H,2-7,12H2,1H3. The molecular formula is C18H23NO3. The van der Waals surface area contributed by atoms with Crippen molar-refractivity contribution in [3.63, 3.8) is 0 Å². The van der Waals surface area contributed by atoms with Gasteiger partial charge >= 0.3 is 0 Å². The van der Waals surface area contributed by atoms with Gasteiger partial charge < -0.3 is 4.74 Å². The van der Waals surface area contributed by atoms with E-state index in [0.29, 0.717) is 6.10 Å². The van der Waals surface area contributed by atoms with Crippen LogP contribution in [0.5, 0.6) is 5.75 Å². The van der Waals surface area contributed by atoms with E-state index >= 15 is 0 Å². The first kappa shape index (κ1) is 15.1. The number of aryl methyl sites for hydroxylation is 1.